The highest BCUT2D eigenvalue weighted by molar-refractivity contribution is 6.04. The number of nitrogens with one attached hydrogen (secondary N) is 1. The van der Waals surface area contributed by atoms with Crippen LogP contribution in [0.5, 0.6) is 5.75 Å². The summed E-state index contributed by atoms with van der Waals surface area (Å²) in [6, 6.07) is 9.37. The van der Waals surface area contributed by atoms with Crippen LogP contribution >= 0.6 is 0 Å². The molecule has 20 heavy (non-hydrogen) atoms. The van der Waals surface area contributed by atoms with Gasteiger partial charge in [-0.05, 0) is 56.0 Å². The quantitative estimate of drug-likeness (QED) is 0.839. The molecule has 2 N–H and O–H groups in total. The van der Waals surface area contributed by atoms with Crippen molar-refractivity contribution in [2.75, 3.05) is 5.32 Å². The minimum Gasteiger partial charge on any atom is -0.506 e. The smallest absolute Gasteiger partial charge is 0.272 e. The summed E-state index contributed by atoms with van der Waals surface area (Å²) < 4.78 is 2.03. The third kappa shape index (κ3) is 2.29. The maximum absolute atomic E-state index is 12.3. The van der Waals surface area contributed by atoms with Crippen LogP contribution in [-0.4, -0.2) is 15.6 Å². The zero-order valence-electron chi connectivity index (χ0n) is 11.5. The molecule has 1 aliphatic rings. The van der Waals surface area contributed by atoms with Gasteiger partial charge in [-0.15, -0.1) is 0 Å². The Morgan fingerprint density at radius 3 is 2.80 bits per heavy atom. The maximum atomic E-state index is 12.3. The number of amides is 1. The molecule has 0 atom stereocenters. The Bertz CT molecular complexity index is 642. The van der Waals surface area contributed by atoms with Crippen LogP contribution in [0, 0.1) is 6.92 Å². The molecule has 1 heterocycles. The lowest BCUT2D eigenvalue weighted by atomic mass is 9.93. The summed E-state index contributed by atoms with van der Waals surface area (Å²) in [5, 5.41) is 12.6. The van der Waals surface area contributed by atoms with E-state index in [-0.39, 0.29) is 11.7 Å². The largest absolute Gasteiger partial charge is 0.506 e. The van der Waals surface area contributed by atoms with Crippen molar-refractivity contribution in [3.05, 3.63) is 47.8 Å². The van der Waals surface area contributed by atoms with Gasteiger partial charge in [-0.3, -0.25) is 4.79 Å². The lowest BCUT2D eigenvalue weighted by molar-refractivity contribution is 0.101. The summed E-state index contributed by atoms with van der Waals surface area (Å²) in [7, 11) is 0. The van der Waals surface area contributed by atoms with Crippen LogP contribution in [0.15, 0.2) is 36.5 Å². The average molecular weight is 270 g/mol. The summed E-state index contributed by atoms with van der Waals surface area (Å²) in [5.41, 5.74) is 2.05. The first kappa shape index (κ1) is 12.8. The Morgan fingerprint density at radius 2 is 2.15 bits per heavy atom. The number of aromatic nitrogens is 1. The molecule has 0 saturated heterocycles. The number of anilines is 1. The molecular weight excluding hydrogens is 252 g/mol. The van der Waals surface area contributed by atoms with E-state index in [1.165, 1.54) is 6.42 Å². The van der Waals surface area contributed by atoms with Crippen molar-refractivity contribution in [3.8, 4) is 5.75 Å². The normalized spacial score (nSPS) is 14.8. The Kier molecular flexibility index (Phi) is 3.22. The SMILES string of the molecule is Cc1ccc(NC(=O)c2cccn2C2CCC2)c(O)c1. The summed E-state index contributed by atoms with van der Waals surface area (Å²) in [4.78, 5) is 12.3. The summed E-state index contributed by atoms with van der Waals surface area (Å²) in [6.07, 6.45) is 5.44. The molecular formula is C16H18N2O2. The molecule has 0 spiro atoms. The molecule has 1 amide bonds. The molecule has 0 bridgehead atoms. The number of aryl methyl sites for hydroxylation is 1. The summed E-state index contributed by atoms with van der Waals surface area (Å²) >= 11 is 0. The predicted octanol–water partition coefficient (Wildman–Crippen LogP) is 3.48. The standard InChI is InChI=1S/C16H18N2O2/c1-11-7-8-13(15(19)10-11)17-16(20)14-6-3-9-18(14)12-4-2-5-12/h3,6-10,12,19H,2,4-5H2,1H3,(H,17,20). The number of nitrogens with zero attached hydrogens (tertiary/aromatic N) is 1. The first-order valence-corrected chi connectivity index (χ1v) is 6.93. The third-order valence-electron chi connectivity index (χ3n) is 3.88. The predicted molar refractivity (Wildman–Crippen MR) is 78.1 cm³/mol. The second-order valence-electron chi connectivity index (χ2n) is 5.36. The lowest BCUT2D eigenvalue weighted by Crippen LogP contribution is -2.23. The van der Waals surface area contributed by atoms with Crippen LogP contribution in [0.2, 0.25) is 0 Å². The number of hydrogen-bond acceptors (Lipinski definition) is 2. The van der Waals surface area contributed by atoms with Gasteiger partial charge in [0.2, 0.25) is 0 Å². The topological polar surface area (TPSA) is 54.3 Å². The van der Waals surface area contributed by atoms with E-state index in [1.54, 1.807) is 12.1 Å². The van der Waals surface area contributed by atoms with Crippen molar-refractivity contribution in [3.63, 3.8) is 0 Å². The molecule has 4 nitrogen and oxygen atoms in total. The van der Waals surface area contributed by atoms with Gasteiger partial charge in [-0.25, -0.2) is 0 Å². The molecule has 1 aromatic carbocycles. The minimum atomic E-state index is -0.180. The number of hydrogen-bond donors (Lipinski definition) is 2. The van der Waals surface area contributed by atoms with E-state index in [9.17, 15) is 9.90 Å². The van der Waals surface area contributed by atoms with Crippen molar-refractivity contribution < 1.29 is 9.90 Å². The van der Waals surface area contributed by atoms with E-state index in [0.717, 1.165) is 18.4 Å². The van der Waals surface area contributed by atoms with Gasteiger partial charge in [0, 0.05) is 12.2 Å². The molecule has 0 radical (unpaired) electrons. The van der Waals surface area contributed by atoms with Crippen molar-refractivity contribution in [2.45, 2.75) is 32.2 Å². The summed E-state index contributed by atoms with van der Waals surface area (Å²) in [6.45, 7) is 1.90. The van der Waals surface area contributed by atoms with Crippen LogP contribution < -0.4 is 5.32 Å². The molecule has 2 aromatic rings. The van der Waals surface area contributed by atoms with Crippen molar-refractivity contribution in [1.29, 1.82) is 0 Å². The Balaban J connectivity index is 1.81. The van der Waals surface area contributed by atoms with Crippen LogP contribution in [0.3, 0.4) is 0 Å². The summed E-state index contributed by atoms with van der Waals surface area (Å²) in [5.74, 6) is -0.0823. The first-order valence-electron chi connectivity index (χ1n) is 6.93. The van der Waals surface area contributed by atoms with E-state index in [2.05, 4.69) is 5.32 Å². The van der Waals surface area contributed by atoms with Gasteiger partial charge in [0.15, 0.2) is 0 Å². The van der Waals surface area contributed by atoms with Crippen LogP contribution in [-0.2, 0) is 0 Å². The highest BCUT2D eigenvalue weighted by Gasteiger charge is 2.23. The number of aromatic hydroxyl groups is 1. The second kappa shape index (κ2) is 5.04. The molecule has 3 rings (SSSR count). The first-order chi connectivity index (χ1) is 9.65. The fourth-order valence-corrected chi connectivity index (χ4v) is 2.50. The highest BCUT2D eigenvalue weighted by Crippen LogP contribution is 2.33. The van der Waals surface area contributed by atoms with Gasteiger partial charge in [0.1, 0.15) is 11.4 Å². The fourth-order valence-electron chi connectivity index (χ4n) is 2.50. The van der Waals surface area contributed by atoms with Gasteiger partial charge in [0.05, 0.1) is 5.69 Å². The number of carbonyl (C=O) groups excluding carboxylic acids is 1. The monoisotopic (exact) mass is 270 g/mol. The zero-order valence-corrected chi connectivity index (χ0v) is 11.5. The maximum Gasteiger partial charge on any atom is 0.272 e. The second-order valence-corrected chi connectivity index (χ2v) is 5.36. The van der Waals surface area contributed by atoms with E-state index >= 15 is 0 Å². The molecule has 0 aliphatic heterocycles. The lowest BCUT2D eigenvalue weighted by Gasteiger charge is -2.28. The molecule has 1 aliphatic carbocycles. The fraction of sp³-hybridized carbons (Fsp3) is 0.312. The Hall–Kier alpha value is -2.23. The zero-order chi connectivity index (χ0) is 14.1. The van der Waals surface area contributed by atoms with Gasteiger partial charge < -0.3 is 15.0 Å². The van der Waals surface area contributed by atoms with Crippen LogP contribution in [0.1, 0.15) is 41.4 Å². The highest BCUT2D eigenvalue weighted by atomic mass is 16.3. The van der Waals surface area contributed by atoms with Crippen molar-refractivity contribution in [1.82, 2.24) is 4.57 Å². The number of phenols is 1. The average Bonchev–Trinajstić information content (AvgIpc) is 2.79. The number of carbonyl (C=O) groups is 1. The molecule has 104 valence electrons. The van der Waals surface area contributed by atoms with Crippen molar-refractivity contribution in [2.24, 2.45) is 0 Å². The molecule has 0 unspecified atom stereocenters. The molecule has 1 saturated carbocycles. The van der Waals surface area contributed by atoms with Crippen LogP contribution in [0.25, 0.3) is 0 Å². The van der Waals surface area contributed by atoms with Gasteiger partial charge >= 0.3 is 0 Å². The Labute approximate surface area is 118 Å². The van der Waals surface area contributed by atoms with Gasteiger partial charge in [-0.2, -0.15) is 0 Å². The number of benzene rings is 1. The number of rotatable bonds is 3. The van der Waals surface area contributed by atoms with Crippen molar-refractivity contribution >= 4 is 11.6 Å². The number of phenolic OH excluding ortho intramolecular Hbond substituents is 1. The molecule has 1 fully saturated rings. The van der Waals surface area contributed by atoms with E-state index in [1.807, 2.05) is 35.9 Å². The van der Waals surface area contributed by atoms with E-state index in [0.29, 0.717) is 17.4 Å². The van der Waals surface area contributed by atoms with Gasteiger partial charge in [-0.1, -0.05) is 6.07 Å². The minimum absolute atomic E-state index is 0.0973. The van der Waals surface area contributed by atoms with E-state index in [4.69, 9.17) is 0 Å². The third-order valence-corrected chi connectivity index (χ3v) is 3.88. The molecule has 4 heteroatoms. The molecule has 1 aromatic heterocycles. The van der Waals surface area contributed by atoms with Gasteiger partial charge in [0.25, 0.3) is 5.91 Å². The van der Waals surface area contributed by atoms with Crippen LogP contribution in [0.4, 0.5) is 5.69 Å². The van der Waals surface area contributed by atoms with E-state index < -0.39 is 0 Å². The Morgan fingerprint density at radius 1 is 1.35 bits per heavy atom.